The molecule has 2 rings (SSSR count). The normalized spacial score (nSPS) is 11.6. The first-order chi connectivity index (χ1) is 9.13. The monoisotopic (exact) mass is 282 g/mol. The number of H-pyrrole nitrogens is 1. The number of nitrogens with two attached hydrogens (primary N) is 1. The lowest BCUT2D eigenvalue weighted by Gasteiger charge is -2.08. The standard InChI is InChI=1S/C10H14N6O2S/c11-6-8-9(2-1-4-12-8)19(17,18)15-5-3-10-13-7-14-16-10/h1-2,4,7,15H,3,5-6,11H2,(H,13,14,16). The molecule has 8 nitrogen and oxygen atoms in total. The highest BCUT2D eigenvalue weighted by Crippen LogP contribution is 2.11. The van der Waals surface area contributed by atoms with Crippen LogP contribution in [0.25, 0.3) is 0 Å². The van der Waals surface area contributed by atoms with E-state index in [1.54, 1.807) is 6.07 Å². The van der Waals surface area contributed by atoms with Gasteiger partial charge in [0, 0.05) is 25.7 Å². The molecule has 0 aliphatic rings. The Morgan fingerprint density at radius 1 is 1.37 bits per heavy atom. The Kier molecular flexibility index (Phi) is 4.20. The molecule has 0 amide bonds. The Morgan fingerprint density at radius 2 is 2.21 bits per heavy atom. The summed E-state index contributed by atoms with van der Waals surface area (Å²) >= 11 is 0. The van der Waals surface area contributed by atoms with Crippen molar-refractivity contribution in [3.63, 3.8) is 0 Å². The van der Waals surface area contributed by atoms with Crippen LogP contribution in [0, 0.1) is 0 Å². The predicted octanol–water partition coefficient (Wildman–Crippen LogP) is -0.821. The number of nitrogens with one attached hydrogen (secondary N) is 2. The molecule has 0 saturated heterocycles. The zero-order valence-corrected chi connectivity index (χ0v) is 10.9. The number of sulfonamides is 1. The van der Waals surface area contributed by atoms with Gasteiger partial charge in [0.05, 0.1) is 5.69 Å². The maximum atomic E-state index is 12.1. The second-order valence-corrected chi connectivity index (χ2v) is 5.47. The van der Waals surface area contributed by atoms with E-state index >= 15 is 0 Å². The van der Waals surface area contributed by atoms with E-state index in [0.717, 1.165) is 0 Å². The van der Waals surface area contributed by atoms with Gasteiger partial charge in [-0.15, -0.1) is 0 Å². The van der Waals surface area contributed by atoms with Crippen LogP contribution in [0.4, 0.5) is 0 Å². The van der Waals surface area contributed by atoms with Gasteiger partial charge in [0.25, 0.3) is 0 Å². The van der Waals surface area contributed by atoms with Gasteiger partial charge in [-0.25, -0.2) is 18.1 Å². The molecule has 9 heteroatoms. The van der Waals surface area contributed by atoms with Crippen LogP contribution >= 0.6 is 0 Å². The molecule has 0 bridgehead atoms. The highest BCUT2D eigenvalue weighted by Gasteiger charge is 2.17. The third-order valence-electron chi connectivity index (χ3n) is 2.45. The summed E-state index contributed by atoms with van der Waals surface area (Å²) in [5.74, 6) is 0.618. The summed E-state index contributed by atoms with van der Waals surface area (Å²) in [6.45, 7) is 0.287. The smallest absolute Gasteiger partial charge is 0.242 e. The van der Waals surface area contributed by atoms with Gasteiger partial charge in [-0.1, -0.05) is 0 Å². The van der Waals surface area contributed by atoms with Crippen molar-refractivity contribution in [3.8, 4) is 0 Å². The van der Waals surface area contributed by atoms with E-state index in [4.69, 9.17) is 5.73 Å². The van der Waals surface area contributed by atoms with E-state index in [1.807, 2.05) is 0 Å². The van der Waals surface area contributed by atoms with Gasteiger partial charge < -0.3 is 5.73 Å². The average Bonchev–Trinajstić information content (AvgIpc) is 2.91. The van der Waals surface area contributed by atoms with Gasteiger partial charge in [0.15, 0.2) is 0 Å². The topological polar surface area (TPSA) is 127 Å². The Morgan fingerprint density at radius 3 is 2.89 bits per heavy atom. The third kappa shape index (κ3) is 3.34. The summed E-state index contributed by atoms with van der Waals surface area (Å²) < 4.78 is 26.7. The second kappa shape index (κ2) is 5.87. The van der Waals surface area contributed by atoms with Crippen LogP contribution < -0.4 is 10.5 Å². The number of aromatic amines is 1. The average molecular weight is 282 g/mol. The van der Waals surface area contributed by atoms with Crippen molar-refractivity contribution in [2.75, 3.05) is 6.54 Å². The molecule has 102 valence electrons. The van der Waals surface area contributed by atoms with Gasteiger partial charge >= 0.3 is 0 Å². The molecule has 0 radical (unpaired) electrons. The van der Waals surface area contributed by atoms with E-state index in [9.17, 15) is 8.42 Å². The highest BCUT2D eigenvalue weighted by atomic mass is 32.2. The van der Waals surface area contributed by atoms with Gasteiger partial charge in [-0.05, 0) is 12.1 Å². The fraction of sp³-hybridized carbons (Fsp3) is 0.300. The largest absolute Gasteiger partial charge is 0.325 e. The SMILES string of the molecule is NCc1ncccc1S(=O)(=O)NCCc1ncn[nH]1. The van der Waals surface area contributed by atoms with E-state index in [1.165, 1.54) is 18.6 Å². The summed E-state index contributed by atoms with van der Waals surface area (Å²) in [6, 6.07) is 3.04. The zero-order chi connectivity index (χ0) is 13.7. The summed E-state index contributed by atoms with van der Waals surface area (Å²) in [6.07, 6.45) is 3.31. The molecule has 0 unspecified atom stereocenters. The molecular formula is C10H14N6O2S. The minimum Gasteiger partial charge on any atom is -0.325 e. The first-order valence-corrected chi connectivity index (χ1v) is 7.09. The Bertz CT molecular complexity index is 625. The number of rotatable bonds is 6. The molecule has 0 aliphatic heterocycles. The zero-order valence-electron chi connectivity index (χ0n) is 10.1. The van der Waals surface area contributed by atoms with Gasteiger partial charge in [0.2, 0.25) is 10.0 Å². The molecule has 2 aromatic heterocycles. The van der Waals surface area contributed by atoms with Gasteiger partial charge in [0.1, 0.15) is 17.0 Å². The molecular weight excluding hydrogens is 268 g/mol. The first kappa shape index (κ1) is 13.6. The molecule has 0 spiro atoms. The van der Waals surface area contributed by atoms with E-state index in [2.05, 4.69) is 24.9 Å². The quantitative estimate of drug-likeness (QED) is 0.635. The number of hydrogen-bond acceptors (Lipinski definition) is 6. The van der Waals surface area contributed by atoms with E-state index < -0.39 is 10.0 Å². The molecule has 0 atom stereocenters. The lowest BCUT2D eigenvalue weighted by Crippen LogP contribution is -2.27. The summed E-state index contributed by atoms with van der Waals surface area (Å²) in [7, 11) is -3.61. The Hall–Kier alpha value is -1.84. The van der Waals surface area contributed by atoms with Crippen molar-refractivity contribution >= 4 is 10.0 Å². The van der Waals surface area contributed by atoms with Crippen molar-refractivity contribution in [3.05, 3.63) is 36.2 Å². The summed E-state index contributed by atoms with van der Waals surface area (Å²) in [5.41, 5.74) is 5.82. The number of nitrogens with zero attached hydrogens (tertiary/aromatic N) is 3. The Labute approximate surface area is 110 Å². The number of pyridine rings is 1. The van der Waals surface area contributed by atoms with E-state index in [-0.39, 0.29) is 18.0 Å². The number of aromatic nitrogens is 4. The third-order valence-corrected chi connectivity index (χ3v) is 3.99. The Balaban J connectivity index is 2.05. The summed E-state index contributed by atoms with van der Waals surface area (Å²) in [5, 5.41) is 6.34. The molecule has 0 aromatic carbocycles. The fourth-order valence-corrected chi connectivity index (χ4v) is 2.78. The predicted molar refractivity (Wildman–Crippen MR) is 67.4 cm³/mol. The maximum absolute atomic E-state index is 12.1. The lowest BCUT2D eigenvalue weighted by molar-refractivity contribution is 0.579. The molecule has 0 saturated carbocycles. The van der Waals surface area contributed by atoms with E-state index in [0.29, 0.717) is 17.9 Å². The van der Waals surface area contributed by atoms with Crippen molar-refractivity contribution in [1.82, 2.24) is 24.9 Å². The molecule has 2 heterocycles. The molecule has 0 fully saturated rings. The highest BCUT2D eigenvalue weighted by molar-refractivity contribution is 7.89. The first-order valence-electron chi connectivity index (χ1n) is 5.61. The molecule has 4 N–H and O–H groups in total. The fourth-order valence-electron chi connectivity index (χ4n) is 1.55. The van der Waals surface area contributed by atoms with Crippen LogP contribution in [-0.2, 0) is 23.0 Å². The minimum absolute atomic E-state index is 0.0686. The van der Waals surface area contributed by atoms with Crippen molar-refractivity contribution in [1.29, 1.82) is 0 Å². The van der Waals surface area contributed by atoms with Crippen LogP contribution in [0.2, 0.25) is 0 Å². The number of hydrogen-bond donors (Lipinski definition) is 3. The van der Waals surface area contributed by atoms with Gasteiger partial charge in [-0.2, -0.15) is 5.10 Å². The molecule has 2 aromatic rings. The molecule has 0 aliphatic carbocycles. The van der Waals surface area contributed by atoms with Crippen LogP contribution in [0.3, 0.4) is 0 Å². The summed E-state index contributed by atoms with van der Waals surface area (Å²) in [4.78, 5) is 7.96. The van der Waals surface area contributed by atoms with Crippen molar-refractivity contribution < 1.29 is 8.42 Å². The maximum Gasteiger partial charge on any atom is 0.242 e. The van der Waals surface area contributed by atoms with Crippen molar-refractivity contribution in [2.24, 2.45) is 5.73 Å². The lowest BCUT2D eigenvalue weighted by atomic mass is 10.3. The molecule has 19 heavy (non-hydrogen) atoms. The van der Waals surface area contributed by atoms with Crippen LogP contribution in [0.1, 0.15) is 11.5 Å². The van der Waals surface area contributed by atoms with Crippen LogP contribution in [0.15, 0.2) is 29.6 Å². The van der Waals surface area contributed by atoms with Gasteiger partial charge in [-0.3, -0.25) is 10.1 Å². The second-order valence-electron chi connectivity index (χ2n) is 3.73. The van der Waals surface area contributed by atoms with Crippen LogP contribution in [0.5, 0.6) is 0 Å². The van der Waals surface area contributed by atoms with Crippen LogP contribution in [-0.4, -0.2) is 35.1 Å². The van der Waals surface area contributed by atoms with Crippen molar-refractivity contribution in [2.45, 2.75) is 17.9 Å². The minimum atomic E-state index is -3.61.